The fourth-order valence-electron chi connectivity index (χ4n) is 3.62. The van der Waals surface area contributed by atoms with Crippen molar-refractivity contribution >= 4 is 10.9 Å². The number of aryl methyl sites for hydroxylation is 1. The van der Waals surface area contributed by atoms with Crippen molar-refractivity contribution in [2.75, 3.05) is 0 Å². The molecule has 0 fully saturated rings. The highest BCUT2D eigenvalue weighted by Crippen LogP contribution is 2.34. The number of hydrogen-bond donors (Lipinski definition) is 0. The Morgan fingerprint density at radius 3 is 2.41 bits per heavy atom. The molecule has 0 radical (unpaired) electrons. The van der Waals surface area contributed by atoms with Gasteiger partial charge in [0.2, 0.25) is 0 Å². The fraction of sp³-hybridized carbons (Fsp3) is 0.125. The lowest BCUT2D eigenvalue weighted by Crippen LogP contribution is -2.27. The third-order valence-electron chi connectivity index (χ3n) is 5.14. The van der Waals surface area contributed by atoms with Gasteiger partial charge in [-0.2, -0.15) is 18.4 Å². The summed E-state index contributed by atoms with van der Waals surface area (Å²) >= 11 is 0. The number of alkyl halides is 3. The van der Waals surface area contributed by atoms with E-state index < -0.39 is 28.5 Å². The maximum Gasteiger partial charge on any atom is 0.417 e. The highest BCUT2D eigenvalue weighted by molar-refractivity contribution is 5.84. The van der Waals surface area contributed by atoms with Gasteiger partial charge in [0.25, 0.3) is 5.56 Å². The fourth-order valence-corrected chi connectivity index (χ4v) is 3.62. The Labute approximate surface area is 180 Å². The topological polar surface area (TPSA) is 58.7 Å². The van der Waals surface area contributed by atoms with Crippen LogP contribution in [0.3, 0.4) is 0 Å². The van der Waals surface area contributed by atoms with Crippen molar-refractivity contribution in [3.05, 3.63) is 99.6 Å². The molecule has 8 heteroatoms. The van der Waals surface area contributed by atoms with Crippen LogP contribution in [0.5, 0.6) is 0 Å². The van der Waals surface area contributed by atoms with Crippen LogP contribution in [0, 0.1) is 17.1 Å². The van der Waals surface area contributed by atoms with Crippen LogP contribution in [0.4, 0.5) is 17.6 Å². The van der Waals surface area contributed by atoms with Crippen LogP contribution in [-0.4, -0.2) is 9.55 Å². The maximum absolute atomic E-state index is 14.1. The van der Waals surface area contributed by atoms with Gasteiger partial charge in [-0.1, -0.05) is 36.4 Å². The summed E-state index contributed by atoms with van der Waals surface area (Å²) < 4.78 is 56.0. The van der Waals surface area contributed by atoms with Gasteiger partial charge in [0.05, 0.1) is 28.1 Å². The van der Waals surface area contributed by atoms with Gasteiger partial charge >= 0.3 is 6.18 Å². The van der Waals surface area contributed by atoms with Crippen molar-refractivity contribution in [3.8, 4) is 17.5 Å². The molecule has 0 spiro atoms. The van der Waals surface area contributed by atoms with Crippen molar-refractivity contribution in [2.24, 2.45) is 0 Å². The quantitative estimate of drug-likeness (QED) is 0.405. The first-order valence-electron chi connectivity index (χ1n) is 9.65. The minimum absolute atomic E-state index is 0.0512. The van der Waals surface area contributed by atoms with Gasteiger partial charge in [0, 0.05) is 12.1 Å². The first kappa shape index (κ1) is 21.2. The molecule has 0 amide bonds. The Hall–Kier alpha value is -3.99. The molecule has 4 aromatic rings. The summed E-state index contributed by atoms with van der Waals surface area (Å²) in [6.45, 7) is -0.121. The smallest absolute Gasteiger partial charge is 0.292 e. The molecule has 3 aromatic carbocycles. The summed E-state index contributed by atoms with van der Waals surface area (Å²) in [7, 11) is 0. The number of aromatic nitrogens is 2. The zero-order valence-corrected chi connectivity index (χ0v) is 16.5. The number of fused-ring (bicyclic) bond motifs is 1. The van der Waals surface area contributed by atoms with Gasteiger partial charge in [-0.15, -0.1) is 0 Å². The van der Waals surface area contributed by atoms with Crippen LogP contribution < -0.4 is 5.56 Å². The molecule has 1 heterocycles. The normalized spacial score (nSPS) is 11.5. The second-order valence-corrected chi connectivity index (χ2v) is 7.09. The molecular weight excluding hydrogens is 422 g/mol. The van der Waals surface area contributed by atoms with Gasteiger partial charge in [0.15, 0.2) is 0 Å². The lowest BCUT2D eigenvalue weighted by Gasteiger charge is -2.17. The predicted molar refractivity (Wildman–Crippen MR) is 111 cm³/mol. The van der Waals surface area contributed by atoms with Crippen LogP contribution in [0.1, 0.15) is 16.7 Å². The van der Waals surface area contributed by atoms with E-state index in [0.29, 0.717) is 11.1 Å². The third kappa shape index (κ3) is 3.85. The number of hydrogen-bond acceptors (Lipinski definition) is 3. The van der Waals surface area contributed by atoms with E-state index in [-0.39, 0.29) is 29.9 Å². The first-order valence-corrected chi connectivity index (χ1v) is 9.65. The summed E-state index contributed by atoms with van der Waals surface area (Å²) in [4.78, 5) is 17.7. The number of benzene rings is 3. The molecule has 0 N–H and O–H groups in total. The Balaban J connectivity index is 1.99. The van der Waals surface area contributed by atoms with E-state index in [1.54, 1.807) is 30.3 Å². The van der Waals surface area contributed by atoms with Gasteiger partial charge in [-0.05, 0) is 42.3 Å². The molecule has 0 unspecified atom stereocenters. The molecule has 0 bridgehead atoms. The van der Waals surface area contributed by atoms with E-state index >= 15 is 0 Å². The molecule has 160 valence electrons. The van der Waals surface area contributed by atoms with Crippen LogP contribution in [0.2, 0.25) is 0 Å². The standard InChI is InChI=1S/C24H15F4N3O/c25-19-10-4-2-6-15(19)12-13-31-22(17-8-3-1-7-16(17)14-29)30-20-11-5-9-18(24(26,27)28)21(20)23(31)32/h1-11H,12-13H2. The molecular formula is C24H15F4N3O. The molecule has 0 aliphatic heterocycles. The predicted octanol–water partition coefficient (Wildman–Crippen LogP) is 5.34. The largest absolute Gasteiger partial charge is 0.417 e. The molecule has 0 aliphatic rings. The lowest BCUT2D eigenvalue weighted by atomic mass is 10.1. The van der Waals surface area contributed by atoms with Crippen LogP contribution in [-0.2, 0) is 19.1 Å². The number of nitriles is 1. The van der Waals surface area contributed by atoms with E-state index in [0.717, 1.165) is 10.6 Å². The Morgan fingerprint density at radius 2 is 1.69 bits per heavy atom. The van der Waals surface area contributed by atoms with Crippen molar-refractivity contribution in [1.82, 2.24) is 9.55 Å². The van der Waals surface area contributed by atoms with Crippen molar-refractivity contribution in [1.29, 1.82) is 5.26 Å². The zero-order valence-electron chi connectivity index (χ0n) is 16.5. The number of nitrogens with zero attached hydrogens (tertiary/aromatic N) is 3. The third-order valence-corrected chi connectivity index (χ3v) is 5.14. The maximum atomic E-state index is 14.1. The first-order chi connectivity index (χ1) is 15.3. The molecule has 0 aliphatic carbocycles. The van der Waals surface area contributed by atoms with Gasteiger partial charge in [-0.3, -0.25) is 9.36 Å². The van der Waals surface area contributed by atoms with E-state index in [1.807, 2.05) is 6.07 Å². The van der Waals surface area contributed by atoms with Crippen LogP contribution >= 0.6 is 0 Å². The minimum atomic E-state index is -4.75. The van der Waals surface area contributed by atoms with Gasteiger partial charge in [-0.25, -0.2) is 9.37 Å². The second kappa shape index (κ2) is 8.27. The Kier molecular flexibility index (Phi) is 5.49. The van der Waals surface area contributed by atoms with Crippen LogP contribution in [0.25, 0.3) is 22.3 Å². The van der Waals surface area contributed by atoms with E-state index in [1.165, 1.54) is 30.3 Å². The van der Waals surface area contributed by atoms with Crippen molar-refractivity contribution < 1.29 is 17.6 Å². The molecule has 4 nitrogen and oxygen atoms in total. The monoisotopic (exact) mass is 437 g/mol. The van der Waals surface area contributed by atoms with Crippen molar-refractivity contribution in [2.45, 2.75) is 19.1 Å². The van der Waals surface area contributed by atoms with Gasteiger partial charge < -0.3 is 0 Å². The van der Waals surface area contributed by atoms with Crippen molar-refractivity contribution in [3.63, 3.8) is 0 Å². The van der Waals surface area contributed by atoms with Crippen LogP contribution in [0.15, 0.2) is 71.5 Å². The summed E-state index contributed by atoms with van der Waals surface area (Å²) in [6.07, 6.45) is -4.70. The molecule has 4 rings (SSSR count). The summed E-state index contributed by atoms with van der Waals surface area (Å²) in [5, 5.41) is 8.92. The SMILES string of the molecule is N#Cc1ccccc1-c1nc2cccc(C(F)(F)F)c2c(=O)n1CCc1ccccc1F. The molecule has 0 saturated carbocycles. The average molecular weight is 437 g/mol. The summed E-state index contributed by atoms with van der Waals surface area (Å²) in [6, 6.07) is 17.7. The molecule has 32 heavy (non-hydrogen) atoms. The highest BCUT2D eigenvalue weighted by atomic mass is 19.4. The van der Waals surface area contributed by atoms with E-state index in [9.17, 15) is 27.6 Å². The lowest BCUT2D eigenvalue weighted by molar-refractivity contribution is -0.136. The Morgan fingerprint density at radius 1 is 0.969 bits per heavy atom. The summed E-state index contributed by atoms with van der Waals surface area (Å²) in [5.41, 5.74) is -1.29. The molecule has 0 atom stereocenters. The summed E-state index contributed by atoms with van der Waals surface area (Å²) in [5.74, 6) is -0.431. The number of rotatable bonds is 4. The Bertz CT molecular complexity index is 1420. The van der Waals surface area contributed by atoms with E-state index in [4.69, 9.17) is 0 Å². The molecule has 1 aromatic heterocycles. The molecule has 0 saturated heterocycles. The van der Waals surface area contributed by atoms with Gasteiger partial charge in [0.1, 0.15) is 11.6 Å². The number of halogens is 4. The second-order valence-electron chi connectivity index (χ2n) is 7.09. The average Bonchev–Trinajstić information content (AvgIpc) is 2.78. The highest BCUT2D eigenvalue weighted by Gasteiger charge is 2.34. The zero-order chi connectivity index (χ0) is 22.9. The van der Waals surface area contributed by atoms with E-state index in [2.05, 4.69) is 4.98 Å². The minimum Gasteiger partial charge on any atom is -0.292 e.